The van der Waals surface area contributed by atoms with E-state index >= 15 is 0 Å². The van der Waals surface area contributed by atoms with Crippen molar-refractivity contribution in [2.75, 3.05) is 12.3 Å². The Kier molecular flexibility index (Phi) is 4.85. The number of hydrogen-bond donors (Lipinski definition) is 2. The first kappa shape index (κ1) is 13.6. The van der Waals surface area contributed by atoms with Crippen molar-refractivity contribution in [3.63, 3.8) is 0 Å². The van der Waals surface area contributed by atoms with Crippen LogP contribution >= 0.6 is 11.3 Å². The quantitative estimate of drug-likeness (QED) is 0.733. The molecule has 0 atom stereocenters. The van der Waals surface area contributed by atoms with E-state index in [1.807, 2.05) is 13.8 Å². The van der Waals surface area contributed by atoms with Gasteiger partial charge in [-0.3, -0.25) is 0 Å². The number of aryl methyl sites for hydroxylation is 2. The Balaban J connectivity index is 2.24. The van der Waals surface area contributed by atoms with Gasteiger partial charge in [-0.05, 0) is 26.8 Å². The van der Waals surface area contributed by atoms with Gasteiger partial charge < -0.3 is 5.32 Å². The summed E-state index contributed by atoms with van der Waals surface area (Å²) in [5.74, 6) is 0.0285. The Labute approximate surface area is 100 Å². The third kappa shape index (κ3) is 5.02. The van der Waals surface area contributed by atoms with Gasteiger partial charge in [0.25, 0.3) is 0 Å². The van der Waals surface area contributed by atoms with Crippen molar-refractivity contribution in [2.24, 2.45) is 5.14 Å². The first-order chi connectivity index (χ1) is 7.38. The molecule has 0 spiro atoms. The minimum Gasteiger partial charge on any atom is -0.312 e. The molecular formula is C9H17N3O2S2. The molecule has 0 aliphatic heterocycles. The van der Waals surface area contributed by atoms with E-state index in [4.69, 9.17) is 5.14 Å². The summed E-state index contributed by atoms with van der Waals surface area (Å²) in [6.07, 6.45) is 0.537. The number of aromatic nitrogens is 1. The van der Waals surface area contributed by atoms with Crippen molar-refractivity contribution < 1.29 is 8.42 Å². The molecule has 1 rings (SSSR count). The maximum absolute atomic E-state index is 10.7. The van der Waals surface area contributed by atoms with Crippen LogP contribution in [0.4, 0.5) is 0 Å². The fraction of sp³-hybridized carbons (Fsp3) is 0.667. The Morgan fingerprint density at radius 3 is 2.62 bits per heavy atom. The molecule has 0 bridgehead atoms. The maximum Gasteiger partial charge on any atom is 0.209 e. The number of rotatable bonds is 6. The average molecular weight is 263 g/mol. The number of primary sulfonamides is 1. The predicted octanol–water partition coefficient (Wildman–Crippen LogP) is 0.528. The van der Waals surface area contributed by atoms with E-state index in [0.717, 1.165) is 17.2 Å². The van der Waals surface area contributed by atoms with Gasteiger partial charge in [0, 0.05) is 11.4 Å². The largest absolute Gasteiger partial charge is 0.312 e. The van der Waals surface area contributed by atoms with Gasteiger partial charge in [-0.25, -0.2) is 18.5 Å². The first-order valence-corrected chi connectivity index (χ1v) is 7.56. The number of sulfonamides is 1. The van der Waals surface area contributed by atoms with Crippen LogP contribution in [0.3, 0.4) is 0 Å². The Bertz CT molecular complexity index is 440. The number of thiazole rings is 1. The van der Waals surface area contributed by atoms with E-state index < -0.39 is 10.0 Å². The predicted molar refractivity (Wildman–Crippen MR) is 65.9 cm³/mol. The number of nitrogens with zero attached hydrogens (tertiary/aromatic N) is 1. The van der Waals surface area contributed by atoms with E-state index in [1.165, 1.54) is 4.88 Å². The zero-order valence-electron chi connectivity index (χ0n) is 9.49. The molecule has 0 amide bonds. The molecule has 3 N–H and O–H groups in total. The van der Waals surface area contributed by atoms with Crippen molar-refractivity contribution in [1.29, 1.82) is 0 Å². The van der Waals surface area contributed by atoms with E-state index in [1.54, 1.807) is 11.3 Å². The van der Waals surface area contributed by atoms with E-state index in [-0.39, 0.29) is 5.75 Å². The van der Waals surface area contributed by atoms with Crippen LogP contribution in [0.1, 0.15) is 22.0 Å². The van der Waals surface area contributed by atoms with Crippen molar-refractivity contribution in [1.82, 2.24) is 10.3 Å². The first-order valence-electron chi connectivity index (χ1n) is 5.02. The number of nitrogens with one attached hydrogen (secondary N) is 1. The van der Waals surface area contributed by atoms with Crippen LogP contribution in [0, 0.1) is 13.8 Å². The van der Waals surface area contributed by atoms with E-state index in [2.05, 4.69) is 10.3 Å². The summed E-state index contributed by atoms with van der Waals surface area (Å²) in [4.78, 5) is 5.51. The summed E-state index contributed by atoms with van der Waals surface area (Å²) in [6, 6.07) is 0. The Hall–Kier alpha value is -0.500. The molecule has 5 nitrogen and oxygen atoms in total. The molecule has 0 aromatic carbocycles. The minimum absolute atomic E-state index is 0.0285. The van der Waals surface area contributed by atoms with Crippen LogP contribution in [0.5, 0.6) is 0 Å². The third-order valence-corrected chi connectivity index (χ3v) is 4.00. The third-order valence-electron chi connectivity index (χ3n) is 2.07. The van der Waals surface area contributed by atoms with Gasteiger partial charge in [-0.2, -0.15) is 0 Å². The fourth-order valence-corrected chi connectivity index (χ4v) is 2.79. The molecular weight excluding hydrogens is 246 g/mol. The topological polar surface area (TPSA) is 85.1 Å². The molecule has 0 saturated heterocycles. The lowest BCUT2D eigenvalue weighted by atomic mass is 10.4. The molecule has 0 aliphatic carbocycles. The highest BCUT2D eigenvalue weighted by Crippen LogP contribution is 2.16. The SMILES string of the molecule is Cc1nc(C)c(CNCCCS(N)(=O)=O)s1. The average Bonchev–Trinajstić information content (AvgIpc) is 2.42. The monoisotopic (exact) mass is 263 g/mol. The van der Waals surface area contributed by atoms with Gasteiger partial charge in [0.2, 0.25) is 10.0 Å². The van der Waals surface area contributed by atoms with Crippen LogP contribution in [-0.4, -0.2) is 25.7 Å². The number of nitrogens with two attached hydrogens (primary N) is 1. The lowest BCUT2D eigenvalue weighted by Gasteiger charge is -2.02. The molecule has 1 aromatic heterocycles. The molecule has 0 unspecified atom stereocenters. The van der Waals surface area contributed by atoms with Crippen LogP contribution in [0.2, 0.25) is 0 Å². The molecule has 0 fully saturated rings. The van der Waals surface area contributed by atoms with Crippen molar-refractivity contribution >= 4 is 21.4 Å². The van der Waals surface area contributed by atoms with Crippen LogP contribution in [-0.2, 0) is 16.6 Å². The summed E-state index contributed by atoms with van der Waals surface area (Å²) < 4.78 is 21.3. The van der Waals surface area contributed by atoms with Crippen LogP contribution in [0.25, 0.3) is 0 Å². The Morgan fingerprint density at radius 1 is 1.44 bits per heavy atom. The highest BCUT2D eigenvalue weighted by atomic mass is 32.2. The van der Waals surface area contributed by atoms with Gasteiger partial charge >= 0.3 is 0 Å². The maximum atomic E-state index is 10.7. The second-order valence-electron chi connectivity index (χ2n) is 3.64. The minimum atomic E-state index is -3.32. The summed E-state index contributed by atoms with van der Waals surface area (Å²) in [5.41, 5.74) is 1.04. The molecule has 92 valence electrons. The lowest BCUT2D eigenvalue weighted by Crippen LogP contribution is -2.21. The second-order valence-corrected chi connectivity index (χ2v) is 6.66. The summed E-state index contributed by atoms with van der Waals surface area (Å²) in [7, 11) is -3.32. The molecule has 7 heteroatoms. The second kappa shape index (κ2) is 5.72. The van der Waals surface area contributed by atoms with Gasteiger partial charge in [-0.1, -0.05) is 0 Å². The van der Waals surface area contributed by atoms with Crippen molar-refractivity contribution in [2.45, 2.75) is 26.8 Å². The van der Waals surface area contributed by atoms with E-state index in [0.29, 0.717) is 13.0 Å². The lowest BCUT2D eigenvalue weighted by molar-refractivity contribution is 0.590. The summed E-state index contributed by atoms with van der Waals surface area (Å²) >= 11 is 1.66. The van der Waals surface area contributed by atoms with Crippen LogP contribution in [0.15, 0.2) is 0 Å². The molecule has 1 aromatic rings. The molecule has 0 saturated carbocycles. The van der Waals surface area contributed by atoms with Crippen molar-refractivity contribution in [3.05, 3.63) is 15.6 Å². The normalized spacial score (nSPS) is 11.9. The zero-order chi connectivity index (χ0) is 12.2. The molecule has 16 heavy (non-hydrogen) atoms. The summed E-state index contributed by atoms with van der Waals surface area (Å²) in [6.45, 7) is 5.34. The zero-order valence-corrected chi connectivity index (χ0v) is 11.1. The highest BCUT2D eigenvalue weighted by molar-refractivity contribution is 7.89. The van der Waals surface area contributed by atoms with Gasteiger partial charge in [-0.15, -0.1) is 11.3 Å². The molecule has 1 heterocycles. The molecule has 0 aliphatic rings. The Morgan fingerprint density at radius 2 is 2.12 bits per heavy atom. The smallest absolute Gasteiger partial charge is 0.209 e. The van der Waals surface area contributed by atoms with Gasteiger partial charge in [0.15, 0.2) is 0 Å². The van der Waals surface area contributed by atoms with Crippen LogP contribution < -0.4 is 10.5 Å². The van der Waals surface area contributed by atoms with E-state index in [9.17, 15) is 8.42 Å². The highest BCUT2D eigenvalue weighted by Gasteiger charge is 2.04. The van der Waals surface area contributed by atoms with Crippen molar-refractivity contribution in [3.8, 4) is 0 Å². The standard InChI is InChI=1S/C9H17N3O2S2/c1-7-9(15-8(2)12-7)6-11-4-3-5-16(10,13)14/h11H,3-6H2,1-2H3,(H2,10,13,14). The fourth-order valence-electron chi connectivity index (χ4n) is 1.34. The van der Waals surface area contributed by atoms with Gasteiger partial charge in [0.05, 0.1) is 16.5 Å². The number of hydrogen-bond acceptors (Lipinski definition) is 5. The summed E-state index contributed by atoms with van der Waals surface area (Å²) in [5, 5.41) is 9.13. The van der Waals surface area contributed by atoms with Gasteiger partial charge in [0.1, 0.15) is 0 Å². The molecule has 0 radical (unpaired) electrons.